The maximum absolute atomic E-state index is 15.2. The molecule has 1 aliphatic carbocycles. The zero-order valence-electron chi connectivity index (χ0n) is 29.6. The molecule has 1 unspecified atom stereocenters. The largest absolute Gasteiger partial charge is 0.493 e. The minimum atomic E-state index is -0.445. The summed E-state index contributed by atoms with van der Waals surface area (Å²) in [5.74, 6) is -1.23. The van der Waals surface area contributed by atoms with Crippen LogP contribution in [0.25, 0.3) is 22.3 Å². The van der Waals surface area contributed by atoms with Crippen LogP contribution < -0.4 is 21.5 Å². The molecule has 0 radical (unpaired) electrons. The van der Waals surface area contributed by atoms with Crippen LogP contribution in [0.4, 0.5) is 4.39 Å². The Balaban J connectivity index is 1.04. The number of benzene rings is 2. The summed E-state index contributed by atoms with van der Waals surface area (Å²) in [6.07, 6.45) is 2.32. The molecule has 0 saturated carbocycles. The van der Waals surface area contributed by atoms with Crippen molar-refractivity contribution in [3.8, 4) is 11.4 Å². The van der Waals surface area contributed by atoms with Gasteiger partial charge in [-0.3, -0.25) is 19.2 Å². The van der Waals surface area contributed by atoms with Gasteiger partial charge in [0, 0.05) is 28.9 Å². The Kier molecular flexibility index (Phi) is 9.67. The minimum Gasteiger partial charge on any atom is -0.493 e. The maximum atomic E-state index is 15.2. The fourth-order valence-electron chi connectivity index (χ4n) is 7.83. The quantitative estimate of drug-likeness (QED) is 0.135. The van der Waals surface area contributed by atoms with Gasteiger partial charge in [-0.05, 0) is 66.5 Å². The summed E-state index contributed by atoms with van der Waals surface area (Å²) in [7, 11) is 0. The number of amides is 3. The van der Waals surface area contributed by atoms with Gasteiger partial charge in [-0.15, -0.1) is 0 Å². The molecule has 270 valence electrons. The van der Waals surface area contributed by atoms with E-state index in [-0.39, 0.29) is 62.2 Å². The van der Waals surface area contributed by atoms with Crippen molar-refractivity contribution in [1.29, 1.82) is 0 Å². The number of fused-ring (bicyclic) bond motifs is 5. The molecule has 12 heteroatoms. The predicted octanol–water partition coefficient (Wildman–Crippen LogP) is 4.60. The number of nitrogens with zero attached hydrogens (tertiary/aromatic N) is 2. The zero-order chi connectivity index (χ0) is 36.7. The second-order valence-electron chi connectivity index (χ2n) is 13.8. The van der Waals surface area contributed by atoms with Gasteiger partial charge in [0.15, 0.2) is 0 Å². The minimum absolute atomic E-state index is 0.124. The molecule has 3 amide bonds. The van der Waals surface area contributed by atoms with Crippen molar-refractivity contribution in [2.24, 2.45) is 5.92 Å². The van der Waals surface area contributed by atoms with Crippen LogP contribution in [0, 0.1) is 18.7 Å². The lowest BCUT2D eigenvalue weighted by molar-refractivity contribution is -0.130. The highest BCUT2D eigenvalue weighted by Crippen LogP contribution is 2.46. The van der Waals surface area contributed by atoms with Crippen molar-refractivity contribution in [3.63, 3.8) is 0 Å². The van der Waals surface area contributed by atoms with Crippen molar-refractivity contribution >= 4 is 28.6 Å². The summed E-state index contributed by atoms with van der Waals surface area (Å²) in [6, 6.07) is 12.6. The number of halogens is 1. The summed E-state index contributed by atoms with van der Waals surface area (Å²) in [5.41, 5.74) is 7.15. The van der Waals surface area contributed by atoms with Crippen LogP contribution in [0.15, 0.2) is 59.6 Å². The average Bonchev–Trinajstić information content (AvgIpc) is 3.50. The molecule has 11 nitrogen and oxygen atoms in total. The molecular formula is C40H42FN5O6. The number of aromatic nitrogens is 2. The van der Waals surface area contributed by atoms with E-state index in [4.69, 9.17) is 14.5 Å². The smallest absolute Gasteiger partial charge is 0.258 e. The molecular weight excluding hydrogens is 665 g/mol. The number of carbonyl (C=O) groups is 3. The number of hydrogen-bond acceptors (Lipinski definition) is 7. The number of carbonyl (C=O) groups excluding carboxylic acids is 3. The third-order valence-electron chi connectivity index (χ3n) is 10.5. The first kappa shape index (κ1) is 35.1. The SMILES string of the molecule is C=C1OCc2c(cc3n(c2=O)Cc2c-3nc3cc(F)c(C)c4c3c2[C@@H](NC(=O)COCNC(=O)CNC(=O)[C@@H](C)Cc2ccccc2)CC4)C1CC. The first-order valence-corrected chi connectivity index (χ1v) is 17.7. The third kappa shape index (κ3) is 6.47. The number of nitrogens with one attached hydrogen (secondary N) is 3. The van der Waals surface area contributed by atoms with Crippen LogP contribution in [0.2, 0.25) is 0 Å². The lowest BCUT2D eigenvalue weighted by atomic mass is 9.81. The Morgan fingerprint density at radius 1 is 1.12 bits per heavy atom. The Bertz CT molecular complexity index is 2180. The van der Waals surface area contributed by atoms with Gasteiger partial charge in [0.25, 0.3) is 5.56 Å². The molecule has 0 fully saturated rings. The van der Waals surface area contributed by atoms with Gasteiger partial charge in [0.05, 0.1) is 47.4 Å². The van der Waals surface area contributed by atoms with E-state index in [0.29, 0.717) is 53.1 Å². The molecule has 4 heterocycles. The number of aryl methyl sites for hydroxylation is 1. The van der Waals surface area contributed by atoms with Crippen LogP contribution in [-0.2, 0) is 49.9 Å². The molecule has 7 rings (SSSR count). The third-order valence-corrected chi connectivity index (χ3v) is 10.5. The Hall–Kier alpha value is -5.36. The fraction of sp³-hybridized carbons (Fsp3) is 0.375. The molecule has 52 heavy (non-hydrogen) atoms. The molecule has 0 spiro atoms. The number of hydrogen-bond donors (Lipinski definition) is 3. The van der Waals surface area contributed by atoms with Gasteiger partial charge in [0.1, 0.15) is 25.8 Å². The highest BCUT2D eigenvalue weighted by molar-refractivity contribution is 5.93. The molecule has 2 aromatic carbocycles. The van der Waals surface area contributed by atoms with Crippen molar-refractivity contribution in [3.05, 3.63) is 110 Å². The lowest BCUT2D eigenvalue weighted by Gasteiger charge is -2.29. The second-order valence-corrected chi connectivity index (χ2v) is 13.8. The summed E-state index contributed by atoms with van der Waals surface area (Å²) in [5, 5.41) is 9.09. The first-order chi connectivity index (χ1) is 25.0. The van der Waals surface area contributed by atoms with E-state index in [9.17, 15) is 19.2 Å². The van der Waals surface area contributed by atoms with E-state index in [1.165, 1.54) is 6.07 Å². The normalized spacial score (nSPS) is 17.4. The van der Waals surface area contributed by atoms with Gasteiger partial charge in [-0.1, -0.05) is 50.8 Å². The van der Waals surface area contributed by atoms with E-state index in [0.717, 1.165) is 39.6 Å². The Labute approximate surface area is 300 Å². The van der Waals surface area contributed by atoms with Crippen LogP contribution in [0.1, 0.15) is 77.6 Å². The number of rotatable bonds is 11. The molecule has 0 bridgehead atoms. The number of allylic oxidation sites excluding steroid dienone is 1. The highest BCUT2D eigenvalue weighted by Gasteiger charge is 2.36. The van der Waals surface area contributed by atoms with Gasteiger partial charge >= 0.3 is 0 Å². The molecule has 0 saturated heterocycles. The van der Waals surface area contributed by atoms with Gasteiger partial charge in [-0.25, -0.2) is 9.37 Å². The second kappa shape index (κ2) is 14.3. The van der Waals surface area contributed by atoms with Gasteiger partial charge < -0.3 is 30.0 Å². The van der Waals surface area contributed by atoms with E-state index < -0.39 is 17.9 Å². The van der Waals surface area contributed by atoms with Crippen LogP contribution in [-0.4, -0.2) is 47.2 Å². The Morgan fingerprint density at radius 2 is 1.90 bits per heavy atom. The first-order valence-electron chi connectivity index (χ1n) is 17.7. The summed E-state index contributed by atoms with van der Waals surface area (Å²) in [4.78, 5) is 56.9. The fourth-order valence-corrected chi connectivity index (χ4v) is 7.83. The van der Waals surface area contributed by atoms with Crippen molar-refractivity contribution < 1.29 is 28.2 Å². The molecule has 2 aromatic heterocycles. The molecule has 3 N–H and O–H groups in total. The number of ether oxygens (including phenoxy) is 2. The Morgan fingerprint density at radius 3 is 2.67 bits per heavy atom. The summed E-state index contributed by atoms with van der Waals surface area (Å²) in [6.45, 7) is 9.30. The summed E-state index contributed by atoms with van der Waals surface area (Å²) < 4.78 is 28.2. The van der Waals surface area contributed by atoms with E-state index in [1.54, 1.807) is 18.4 Å². The van der Waals surface area contributed by atoms with E-state index >= 15 is 4.39 Å². The predicted molar refractivity (Wildman–Crippen MR) is 193 cm³/mol. The van der Waals surface area contributed by atoms with E-state index in [2.05, 4.69) is 22.5 Å². The maximum Gasteiger partial charge on any atom is 0.258 e. The monoisotopic (exact) mass is 707 g/mol. The van der Waals surface area contributed by atoms with Crippen LogP contribution in [0.3, 0.4) is 0 Å². The van der Waals surface area contributed by atoms with Crippen molar-refractivity contribution in [1.82, 2.24) is 25.5 Å². The highest BCUT2D eigenvalue weighted by atomic mass is 19.1. The molecule has 3 atom stereocenters. The van der Waals surface area contributed by atoms with Crippen molar-refractivity contribution in [2.75, 3.05) is 19.9 Å². The topological polar surface area (TPSA) is 141 Å². The van der Waals surface area contributed by atoms with Crippen LogP contribution >= 0.6 is 0 Å². The lowest BCUT2D eigenvalue weighted by Crippen LogP contribution is -2.41. The summed E-state index contributed by atoms with van der Waals surface area (Å²) >= 11 is 0. The molecule has 4 aromatic rings. The zero-order valence-corrected chi connectivity index (χ0v) is 29.6. The average molecular weight is 708 g/mol. The van der Waals surface area contributed by atoms with Crippen molar-refractivity contribution in [2.45, 2.75) is 71.6 Å². The van der Waals surface area contributed by atoms with Crippen LogP contribution in [0.5, 0.6) is 0 Å². The van der Waals surface area contributed by atoms with Gasteiger partial charge in [0.2, 0.25) is 17.7 Å². The number of pyridine rings is 2. The molecule has 2 aliphatic heterocycles. The standard InChI is InChI=1S/C40H42FN5O6/c1-5-25-23(4)52-18-29-27(25)14-33-38-28(17-46(33)40(29)50)37-31(12-11-26-22(3)30(41)15-32(45-38)36(26)37)44-35(48)19-51-20-43-34(47)16-42-39(49)21(2)13-24-9-7-6-8-10-24/h6-10,14-15,21,25,31H,4-5,11-13,16-20H2,1-3H3,(H,42,49)(H,43,47)(H,44,48)/t21-,25?,31-/m0/s1. The van der Waals surface area contributed by atoms with Gasteiger partial charge in [-0.2, -0.15) is 0 Å². The molecule has 3 aliphatic rings. The van der Waals surface area contributed by atoms with E-state index in [1.807, 2.05) is 43.3 Å².